The summed E-state index contributed by atoms with van der Waals surface area (Å²) >= 11 is 6.11. The van der Waals surface area contributed by atoms with Crippen LogP contribution >= 0.6 is 11.6 Å². The topological polar surface area (TPSA) is 67.8 Å². The molecule has 0 aromatic heterocycles. The van der Waals surface area contributed by atoms with Crippen molar-refractivity contribution < 1.29 is 14.3 Å². The second-order valence-electron chi connectivity index (χ2n) is 5.22. The number of benzene rings is 2. The van der Waals surface area contributed by atoms with Crippen molar-refractivity contribution in [3.63, 3.8) is 0 Å². The summed E-state index contributed by atoms with van der Waals surface area (Å²) in [5.41, 5.74) is 2.59. The van der Waals surface area contributed by atoms with Gasteiger partial charge in [0.05, 0.1) is 11.4 Å². The van der Waals surface area contributed by atoms with Gasteiger partial charge in [-0.15, -0.1) is 0 Å². The van der Waals surface area contributed by atoms with E-state index in [1.165, 1.54) is 0 Å². The molecule has 122 valence electrons. The van der Waals surface area contributed by atoms with Gasteiger partial charge in [-0.1, -0.05) is 48.9 Å². The molecule has 0 spiro atoms. The van der Waals surface area contributed by atoms with Gasteiger partial charge in [0.1, 0.15) is 0 Å². The lowest BCUT2D eigenvalue weighted by Crippen LogP contribution is -2.30. The number of carbonyl (C=O) groups is 2. The van der Waals surface area contributed by atoms with Crippen LogP contribution in [0.4, 0.5) is 5.69 Å². The second-order valence-corrected chi connectivity index (χ2v) is 5.66. The number of hydrogen-bond donors (Lipinski definition) is 1. The van der Waals surface area contributed by atoms with Crippen molar-refractivity contribution in [2.45, 2.75) is 19.6 Å². The van der Waals surface area contributed by atoms with Gasteiger partial charge in [-0.3, -0.25) is 9.59 Å². The average molecular weight is 345 g/mol. The monoisotopic (exact) mass is 344 g/mol. The number of hydrogen-bond acceptors (Lipinski definition) is 4. The summed E-state index contributed by atoms with van der Waals surface area (Å²) in [5, 5.41) is 3.26. The minimum absolute atomic E-state index is 0.165. The number of carbonyl (C=O) groups excluding carboxylic acids is 2. The highest BCUT2D eigenvalue weighted by Gasteiger charge is 2.28. The minimum atomic E-state index is -1.24. The number of fused-ring (bicyclic) bond motifs is 1. The number of anilines is 1. The summed E-state index contributed by atoms with van der Waals surface area (Å²) < 4.78 is 5.17. The third-order valence-electron chi connectivity index (χ3n) is 3.54. The van der Waals surface area contributed by atoms with Crippen LogP contribution in [0.3, 0.4) is 0 Å². The van der Waals surface area contributed by atoms with Crippen molar-refractivity contribution in [1.29, 1.82) is 0 Å². The van der Waals surface area contributed by atoms with Crippen LogP contribution < -0.4 is 5.32 Å². The van der Waals surface area contributed by atoms with E-state index in [-0.39, 0.29) is 6.42 Å². The summed E-state index contributed by atoms with van der Waals surface area (Å²) in [6.07, 6.45) is -1.07. The summed E-state index contributed by atoms with van der Waals surface area (Å²) in [6, 6.07) is 14.5. The van der Waals surface area contributed by atoms with Crippen LogP contribution in [-0.2, 0) is 14.3 Å². The Bertz CT molecular complexity index is 818. The smallest absolute Gasteiger partial charge is 0.307 e. The van der Waals surface area contributed by atoms with E-state index in [4.69, 9.17) is 16.3 Å². The molecule has 1 aliphatic rings. The van der Waals surface area contributed by atoms with Crippen molar-refractivity contribution in [1.82, 2.24) is 0 Å². The molecule has 1 unspecified atom stereocenters. The molecule has 0 saturated heterocycles. The van der Waals surface area contributed by atoms with Gasteiger partial charge in [0.15, 0.2) is 0 Å². The zero-order valence-electron chi connectivity index (χ0n) is 13.0. The van der Waals surface area contributed by atoms with Crippen LogP contribution in [0, 0.1) is 0 Å². The molecule has 0 bridgehead atoms. The van der Waals surface area contributed by atoms with E-state index < -0.39 is 18.1 Å². The molecule has 1 heterocycles. The van der Waals surface area contributed by atoms with Crippen molar-refractivity contribution in [2.24, 2.45) is 4.99 Å². The molecule has 0 radical (unpaired) electrons. The van der Waals surface area contributed by atoms with Gasteiger partial charge in [0, 0.05) is 22.6 Å². The Morgan fingerprint density at radius 3 is 2.75 bits per heavy atom. The van der Waals surface area contributed by atoms with E-state index in [9.17, 15) is 9.59 Å². The lowest BCUT2D eigenvalue weighted by molar-refractivity contribution is -0.153. The molecule has 1 atom stereocenters. The maximum absolute atomic E-state index is 12.4. The van der Waals surface area contributed by atoms with Gasteiger partial charge < -0.3 is 10.1 Å². The van der Waals surface area contributed by atoms with Crippen molar-refractivity contribution in [2.75, 3.05) is 5.32 Å². The molecule has 1 N–H and O–H groups in total. The van der Waals surface area contributed by atoms with Crippen LogP contribution in [-0.4, -0.2) is 23.8 Å². The fourth-order valence-corrected chi connectivity index (χ4v) is 2.55. The lowest BCUT2D eigenvalue weighted by atomic mass is 10.0. The second kappa shape index (κ2) is 6.84. The molecule has 1 amide bonds. The predicted octanol–water partition coefficient (Wildman–Crippen LogP) is 3.41. The number of benzodiazepines with no additional fused rings is 1. The highest BCUT2D eigenvalue weighted by atomic mass is 35.5. The van der Waals surface area contributed by atoms with Crippen LogP contribution in [0.1, 0.15) is 24.5 Å². The summed E-state index contributed by atoms with van der Waals surface area (Å²) in [6.45, 7) is 1.66. The van der Waals surface area contributed by atoms with Crippen molar-refractivity contribution in [3.8, 4) is 0 Å². The minimum Gasteiger partial charge on any atom is -0.430 e. The van der Waals surface area contributed by atoms with Crippen molar-refractivity contribution >= 4 is 34.9 Å². The molecule has 24 heavy (non-hydrogen) atoms. The standard InChI is InChI=1S/C18H15ClN2O3/c1-2-15(22)24-18-17(23)20-14-9-8-12(19)10-13(14)16(21-18)11-6-4-3-5-7-11/h3-10,18H,2H2,1H3,(H,20,23)/i17+2. The first-order valence-electron chi connectivity index (χ1n) is 7.52. The van der Waals surface area contributed by atoms with E-state index >= 15 is 0 Å². The van der Waals surface area contributed by atoms with E-state index in [0.717, 1.165) is 5.56 Å². The molecular formula is C18H15ClN2O3. The number of halogens is 1. The van der Waals surface area contributed by atoms with Crippen LogP contribution in [0.15, 0.2) is 53.5 Å². The summed E-state index contributed by atoms with van der Waals surface area (Å²) in [5.74, 6) is -0.985. The van der Waals surface area contributed by atoms with Crippen LogP contribution in [0.5, 0.6) is 0 Å². The third-order valence-corrected chi connectivity index (χ3v) is 3.78. The number of aliphatic imine (C=N–C) groups is 1. The highest BCUT2D eigenvalue weighted by Crippen LogP contribution is 2.27. The molecule has 2 aromatic rings. The normalized spacial score (nSPS) is 16.5. The Hall–Kier alpha value is -2.66. The molecule has 3 rings (SSSR count). The number of esters is 1. The number of rotatable bonds is 3. The first-order chi connectivity index (χ1) is 11.6. The zero-order chi connectivity index (χ0) is 17.1. The predicted molar refractivity (Wildman–Crippen MR) is 92.3 cm³/mol. The highest BCUT2D eigenvalue weighted by molar-refractivity contribution is 6.32. The third kappa shape index (κ3) is 3.31. The Kier molecular flexibility index (Phi) is 4.62. The molecule has 0 saturated carbocycles. The Morgan fingerprint density at radius 1 is 1.29 bits per heavy atom. The fraction of sp³-hybridized carbons (Fsp3) is 0.167. The van der Waals surface area contributed by atoms with E-state index in [1.54, 1.807) is 25.1 Å². The molecule has 6 heteroatoms. The number of nitrogens with zero attached hydrogens (tertiary/aromatic N) is 1. The molecule has 0 aliphatic carbocycles. The fourth-order valence-electron chi connectivity index (χ4n) is 2.38. The molecule has 2 aromatic carbocycles. The SMILES string of the molecule is CCC(=O)OC1N=C(c2ccccc2)c2cc(Cl)ccc2N[14C]1=O. The lowest BCUT2D eigenvalue weighted by Gasteiger charge is -2.11. The molecule has 0 fully saturated rings. The maximum Gasteiger partial charge on any atom is 0.307 e. The average Bonchev–Trinajstić information content (AvgIpc) is 2.72. The number of amides is 1. The molecular weight excluding hydrogens is 330 g/mol. The molecule has 5 nitrogen and oxygen atoms in total. The zero-order valence-corrected chi connectivity index (χ0v) is 13.7. The van der Waals surface area contributed by atoms with Crippen molar-refractivity contribution in [3.05, 3.63) is 64.7 Å². The van der Waals surface area contributed by atoms with Gasteiger partial charge in [0.2, 0.25) is 0 Å². The van der Waals surface area contributed by atoms with Crippen LogP contribution in [0.25, 0.3) is 0 Å². The van der Waals surface area contributed by atoms with E-state index in [1.807, 2.05) is 30.3 Å². The number of nitrogens with one attached hydrogen (secondary N) is 1. The number of ether oxygens (including phenoxy) is 1. The van der Waals surface area contributed by atoms with Gasteiger partial charge >= 0.3 is 5.97 Å². The Labute approximate surface area is 144 Å². The van der Waals surface area contributed by atoms with Crippen LogP contribution in [0.2, 0.25) is 5.02 Å². The van der Waals surface area contributed by atoms with E-state index in [2.05, 4.69) is 10.3 Å². The van der Waals surface area contributed by atoms with Gasteiger partial charge in [-0.05, 0) is 18.2 Å². The Morgan fingerprint density at radius 2 is 2.04 bits per heavy atom. The first kappa shape index (κ1) is 16.2. The molecule has 1 aliphatic heterocycles. The Balaban J connectivity index is 2.14. The summed E-state index contributed by atoms with van der Waals surface area (Å²) in [7, 11) is 0. The van der Waals surface area contributed by atoms with Gasteiger partial charge in [0.25, 0.3) is 12.1 Å². The van der Waals surface area contributed by atoms with Gasteiger partial charge in [-0.25, -0.2) is 4.99 Å². The first-order valence-corrected chi connectivity index (χ1v) is 7.89. The largest absolute Gasteiger partial charge is 0.430 e. The summed E-state index contributed by atoms with van der Waals surface area (Å²) in [4.78, 5) is 28.4. The maximum atomic E-state index is 12.4. The van der Waals surface area contributed by atoms with E-state index in [0.29, 0.717) is 22.0 Å². The quantitative estimate of drug-likeness (QED) is 0.867. The van der Waals surface area contributed by atoms with Gasteiger partial charge in [-0.2, -0.15) is 0 Å².